The topological polar surface area (TPSA) is 38.0 Å². The second-order valence-corrected chi connectivity index (χ2v) is 7.65. The predicted molar refractivity (Wildman–Crippen MR) is 105 cm³/mol. The zero-order valence-electron chi connectivity index (χ0n) is 15.4. The number of carbonyl (C=O) groups excluding carboxylic acids is 1. The maximum absolute atomic E-state index is 12.9. The molecule has 1 amide bonds. The molecule has 2 aromatic carbocycles. The lowest BCUT2D eigenvalue weighted by Crippen LogP contribution is -3.28. The smallest absolute Gasteiger partial charge is 0.275 e. The van der Waals surface area contributed by atoms with Crippen LogP contribution in [0.5, 0.6) is 0 Å². The van der Waals surface area contributed by atoms with Crippen LogP contribution in [0.25, 0.3) is 0 Å². The summed E-state index contributed by atoms with van der Waals surface area (Å²) in [6.07, 6.45) is 0.721. The van der Waals surface area contributed by atoms with Crippen LogP contribution < -0.4 is 15.1 Å². The van der Waals surface area contributed by atoms with E-state index in [0.29, 0.717) is 13.1 Å². The third kappa shape index (κ3) is 6.61. The van der Waals surface area contributed by atoms with Gasteiger partial charge in [0, 0.05) is 17.1 Å². The van der Waals surface area contributed by atoms with Gasteiger partial charge in [-0.3, -0.25) is 4.79 Å². The van der Waals surface area contributed by atoms with Gasteiger partial charge in [0.05, 0.1) is 0 Å². The fourth-order valence-electron chi connectivity index (χ4n) is 3.53. The van der Waals surface area contributed by atoms with E-state index in [1.807, 2.05) is 18.2 Å². The molecule has 0 spiro atoms. The molecule has 3 N–H and O–H groups in total. The zero-order chi connectivity index (χ0) is 19.1. The molecule has 2 aromatic rings. The predicted octanol–water partition coefficient (Wildman–Crippen LogP) is 0.121. The normalized spacial score (nSPS) is 19.6. The molecule has 1 aliphatic rings. The van der Waals surface area contributed by atoms with Gasteiger partial charge in [-0.1, -0.05) is 35.9 Å². The summed E-state index contributed by atoms with van der Waals surface area (Å²) < 4.78 is 12.9. The minimum atomic E-state index is -0.233. The SMILES string of the molecule is O=C(C[NH+]1CC[NH+](Cc2cccc(Cl)c2)CC1)NCCc1ccc(F)cc1. The number of piperazine rings is 1. The number of hydrogen-bond acceptors (Lipinski definition) is 1. The molecule has 1 aliphatic heterocycles. The third-order valence-electron chi connectivity index (χ3n) is 5.07. The van der Waals surface area contributed by atoms with E-state index in [9.17, 15) is 9.18 Å². The number of carbonyl (C=O) groups is 1. The van der Waals surface area contributed by atoms with E-state index in [0.717, 1.165) is 49.7 Å². The van der Waals surface area contributed by atoms with E-state index < -0.39 is 0 Å². The number of halogens is 2. The first-order chi connectivity index (χ1) is 13.1. The molecule has 144 valence electrons. The third-order valence-corrected chi connectivity index (χ3v) is 5.30. The van der Waals surface area contributed by atoms with Crippen molar-refractivity contribution in [3.05, 3.63) is 70.5 Å². The van der Waals surface area contributed by atoms with Crippen LogP contribution in [-0.4, -0.2) is 45.2 Å². The van der Waals surface area contributed by atoms with Crippen molar-refractivity contribution in [2.24, 2.45) is 0 Å². The first-order valence-electron chi connectivity index (χ1n) is 9.51. The Balaban J connectivity index is 1.33. The summed E-state index contributed by atoms with van der Waals surface area (Å²) >= 11 is 6.06. The monoisotopic (exact) mass is 391 g/mol. The van der Waals surface area contributed by atoms with Gasteiger partial charge in [-0.05, 0) is 36.2 Å². The maximum atomic E-state index is 12.9. The number of nitrogens with one attached hydrogen (secondary N) is 3. The van der Waals surface area contributed by atoms with Gasteiger partial charge in [0.1, 0.15) is 38.5 Å². The lowest BCUT2D eigenvalue weighted by atomic mass is 10.1. The van der Waals surface area contributed by atoms with Crippen molar-refractivity contribution >= 4 is 17.5 Å². The lowest BCUT2D eigenvalue weighted by molar-refractivity contribution is -1.02. The zero-order valence-corrected chi connectivity index (χ0v) is 16.2. The second-order valence-electron chi connectivity index (χ2n) is 7.21. The summed E-state index contributed by atoms with van der Waals surface area (Å²) in [5.41, 5.74) is 2.29. The summed E-state index contributed by atoms with van der Waals surface area (Å²) in [7, 11) is 0. The first-order valence-corrected chi connectivity index (χ1v) is 9.89. The number of amides is 1. The van der Waals surface area contributed by atoms with Crippen LogP contribution in [0.2, 0.25) is 5.02 Å². The second kappa shape index (κ2) is 9.83. The molecule has 0 saturated carbocycles. The summed E-state index contributed by atoms with van der Waals surface area (Å²) in [4.78, 5) is 15.0. The Hall–Kier alpha value is -1.95. The molecule has 1 heterocycles. The van der Waals surface area contributed by atoms with E-state index in [1.54, 1.807) is 12.1 Å². The van der Waals surface area contributed by atoms with Crippen LogP contribution in [-0.2, 0) is 17.8 Å². The van der Waals surface area contributed by atoms with Gasteiger partial charge in [-0.15, -0.1) is 0 Å². The fourth-order valence-corrected chi connectivity index (χ4v) is 3.75. The van der Waals surface area contributed by atoms with Crippen LogP contribution in [0.3, 0.4) is 0 Å². The van der Waals surface area contributed by atoms with E-state index in [2.05, 4.69) is 11.4 Å². The maximum Gasteiger partial charge on any atom is 0.275 e. The van der Waals surface area contributed by atoms with Crippen molar-refractivity contribution in [1.82, 2.24) is 5.32 Å². The van der Waals surface area contributed by atoms with Crippen molar-refractivity contribution in [1.29, 1.82) is 0 Å². The number of hydrogen-bond donors (Lipinski definition) is 3. The molecular formula is C21H27ClFN3O+2. The number of rotatable bonds is 7. The molecule has 0 bridgehead atoms. The van der Waals surface area contributed by atoms with Crippen LogP contribution >= 0.6 is 11.6 Å². The Morgan fingerprint density at radius 3 is 2.41 bits per heavy atom. The standard InChI is InChI=1S/C21H25ClFN3O/c22-19-3-1-2-18(14-19)15-25-10-12-26(13-11-25)16-21(27)24-9-8-17-4-6-20(23)7-5-17/h1-7,14H,8-13,15-16H2,(H,24,27)/p+2. The van der Waals surface area contributed by atoms with Gasteiger partial charge in [0.2, 0.25) is 0 Å². The van der Waals surface area contributed by atoms with E-state index in [1.165, 1.54) is 27.5 Å². The molecular weight excluding hydrogens is 365 g/mol. The van der Waals surface area contributed by atoms with Crippen LogP contribution in [0.1, 0.15) is 11.1 Å². The Morgan fingerprint density at radius 2 is 1.70 bits per heavy atom. The van der Waals surface area contributed by atoms with E-state index >= 15 is 0 Å². The lowest BCUT2D eigenvalue weighted by Gasteiger charge is -2.29. The van der Waals surface area contributed by atoms with Gasteiger partial charge in [0.25, 0.3) is 5.91 Å². The van der Waals surface area contributed by atoms with E-state index in [4.69, 9.17) is 11.6 Å². The largest absolute Gasteiger partial charge is 0.351 e. The Kier molecular flexibility index (Phi) is 7.21. The molecule has 1 saturated heterocycles. The first kappa shape index (κ1) is 19.8. The van der Waals surface area contributed by atoms with Crippen molar-refractivity contribution in [3.8, 4) is 0 Å². The highest BCUT2D eigenvalue weighted by atomic mass is 35.5. The molecule has 6 heteroatoms. The van der Waals surface area contributed by atoms with Crippen LogP contribution in [0.4, 0.5) is 4.39 Å². The molecule has 0 aromatic heterocycles. The highest BCUT2D eigenvalue weighted by molar-refractivity contribution is 6.30. The molecule has 27 heavy (non-hydrogen) atoms. The van der Waals surface area contributed by atoms with Gasteiger partial charge in [-0.2, -0.15) is 0 Å². The van der Waals surface area contributed by atoms with Crippen LogP contribution in [0.15, 0.2) is 48.5 Å². The molecule has 0 radical (unpaired) electrons. The minimum absolute atomic E-state index is 0.0883. The number of benzene rings is 2. The molecule has 1 fully saturated rings. The van der Waals surface area contributed by atoms with Crippen LogP contribution in [0, 0.1) is 5.82 Å². The molecule has 0 unspecified atom stereocenters. The Bertz CT molecular complexity index is 745. The van der Waals surface area contributed by atoms with Gasteiger partial charge >= 0.3 is 0 Å². The van der Waals surface area contributed by atoms with Crippen molar-refractivity contribution in [3.63, 3.8) is 0 Å². The molecule has 0 atom stereocenters. The fraction of sp³-hybridized carbons (Fsp3) is 0.381. The Labute approximate surface area is 164 Å². The van der Waals surface area contributed by atoms with Gasteiger partial charge < -0.3 is 15.1 Å². The minimum Gasteiger partial charge on any atom is -0.351 e. The molecule has 3 rings (SSSR count). The highest BCUT2D eigenvalue weighted by Gasteiger charge is 2.24. The number of quaternary nitrogens is 2. The Morgan fingerprint density at radius 1 is 1.00 bits per heavy atom. The van der Waals surface area contributed by atoms with Gasteiger partial charge in [-0.25, -0.2) is 4.39 Å². The molecule has 0 aliphatic carbocycles. The average molecular weight is 392 g/mol. The summed E-state index contributed by atoms with van der Waals surface area (Å²) in [6.45, 7) is 6.22. The molecule has 4 nitrogen and oxygen atoms in total. The van der Waals surface area contributed by atoms with Crippen molar-refractivity contribution in [2.75, 3.05) is 39.3 Å². The summed E-state index contributed by atoms with van der Waals surface area (Å²) in [5, 5.41) is 3.76. The average Bonchev–Trinajstić information content (AvgIpc) is 2.65. The van der Waals surface area contributed by atoms with Crippen molar-refractivity contribution in [2.45, 2.75) is 13.0 Å². The summed E-state index contributed by atoms with van der Waals surface area (Å²) in [5.74, 6) is -0.145. The summed E-state index contributed by atoms with van der Waals surface area (Å²) in [6, 6.07) is 14.5. The van der Waals surface area contributed by atoms with E-state index in [-0.39, 0.29) is 11.7 Å². The highest BCUT2D eigenvalue weighted by Crippen LogP contribution is 2.09. The van der Waals surface area contributed by atoms with Crippen molar-refractivity contribution < 1.29 is 19.0 Å². The van der Waals surface area contributed by atoms with Gasteiger partial charge in [0.15, 0.2) is 6.54 Å². The quantitative estimate of drug-likeness (QED) is 0.616.